The van der Waals surface area contributed by atoms with Gasteiger partial charge < -0.3 is 10.4 Å². The zero-order valence-corrected chi connectivity index (χ0v) is 6.15. The van der Waals surface area contributed by atoms with E-state index in [1.165, 1.54) is 0 Å². The lowest BCUT2D eigenvalue weighted by Crippen LogP contribution is -2.59. The third-order valence-corrected chi connectivity index (χ3v) is 1.26. The molecule has 4 N–H and O–H groups in total. The van der Waals surface area contributed by atoms with E-state index in [0.29, 0.717) is 6.54 Å². The van der Waals surface area contributed by atoms with Crippen molar-refractivity contribution < 1.29 is 5.11 Å². The molecule has 0 radical (unpaired) electrons. The molecule has 0 heterocycles. The van der Waals surface area contributed by atoms with Gasteiger partial charge in [-0.3, -0.25) is 10.6 Å². The second kappa shape index (κ2) is 3.79. The summed E-state index contributed by atoms with van der Waals surface area (Å²) in [6.45, 7) is 0.472. The maximum Gasteiger partial charge on any atom is 0.184 e. The average molecular weight is 133 g/mol. The summed E-state index contributed by atoms with van der Waals surface area (Å²) < 4.78 is 0. The highest BCUT2D eigenvalue weighted by molar-refractivity contribution is 4.69. The SMILES string of the molecule is CNCC(O)(NC)NC. The van der Waals surface area contributed by atoms with E-state index >= 15 is 0 Å². The minimum Gasteiger partial charge on any atom is -0.362 e. The van der Waals surface area contributed by atoms with Crippen molar-refractivity contribution in [1.82, 2.24) is 16.0 Å². The number of aliphatic hydroxyl groups is 1. The Bertz CT molecular complexity index is 72.6. The molecule has 0 fully saturated rings. The van der Waals surface area contributed by atoms with Gasteiger partial charge in [0.1, 0.15) is 0 Å². The third kappa shape index (κ3) is 2.76. The first-order chi connectivity index (χ1) is 4.18. The minimum atomic E-state index is -0.977. The highest BCUT2D eigenvalue weighted by Gasteiger charge is 2.19. The maximum atomic E-state index is 9.34. The molecule has 0 aromatic heterocycles. The highest BCUT2D eigenvalue weighted by Crippen LogP contribution is 1.86. The van der Waals surface area contributed by atoms with Crippen LogP contribution < -0.4 is 16.0 Å². The molecule has 0 aliphatic rings. The first kappa shape index (κ1) is 8.84. The lowest BCUT2D eigenvalue weighted by atomic mass is 10.4. The normalized spacial score (nSPS) is 12.0. The number of hydrogen-bond donors (Lipinski definition) is 4. The first-order valence-electron chi connectivity index (χ1n) is 2.93. The zero-order valence-electron chi connectivity index (χ0n) is 6.15. The van der Waals surface area contributed by atoms with Crippen LogP contribution in [0, 0.1) is 0 Å². The zero-order chi connectivity index (χ0) is 7.33. The Kier molecular flexibility index (Phi) is 3.72. The molecule has 56 valence electrons. The van der Waals surface area contributed by atoms with Crippen LogP contribution in [0.1, 0.15) is 0 Å². The van der Waals surface area contributed by atoms with E-state index in [-0.39, 0.29) is 0 Å². The molecule has 0 amide bonds. The van der Waals surface area contributed by atoms with E-state index in [0.717, 1.165) is 0 Å². The second-order valence-electron chi connectivity index (χ2n) is 1.89. The summed E-state index contributed by atoms with van der Waals surface area (Å²) in [6.07, 6.45) is 0. The van der Waals surface area contributed by atoms with Crippen molar-refractivity contribution in [1.29, 1.82) is 0 Å². The molecule has 0 aromatic carbocycles. The van der Waals surface area contributed by atoms with Gasteiger partial charge >= 0.3 is 0 Å². The van der Waals surface area contributed by atoms with Gasteiger partial charge in [0.05, 0.1) is 6.54 Å². The standard InChI is InChI=1S/C5H15N3O/c1-6-4-5(9,7-2)8-3/h6-9H,4H2,1-3H3. The Labute approximate surface area is 55.6 Å². The van der Waals surface area contributed by atoms with Gasteiger partial charge in [-0.2, -0.15) is 0 Å². The van der Waals surface area contributed by atoms with Crippen molar-refractivity contribution in [2.24, 2.45) is 0 Å². The van der Waals surface area contributed by atoms with Crippen molar-refractivity contribution >= 4 is 0 Å². The summed E-state index contributed by atoms with van der Waals surface area (Å²) in [5.41, 5.74) is 0. The summed E-state index contributed by atoms with van der Waals surface area (Å²) in [5.74, 6) is -0.977. The third-order valence-electron chi connectivity index (χ3n) is 1.26. The van der Waals surface area contributed by atoms with E-state index in [2.05, 4.69) is 16.0 Å². The van der Waals surface area contributed by atoms with Gasteiger partial charge in [-0.05, 0) is 21.1 Å². The molecule has 9 heavy (non-hydrogen) atoms. The fraction of sp³-hybridized carbons (Fsp3) is 1.00. The van der Waals surface area contributed by atoms with Gasteiger partial charge in [0.25, 0.3) is 0 Å². The molecule has 0 aliphatic carbocycles. The highest BCUT2D eigenvalue weighted by atomic mass is 16.3. The van der Waals surface area contributed by atoms with E-state index in [4.69, 9.17) is 0 Å². The lowest BCUT2D eigenvalue weighted by molar-refractivity contribution is -0.0112. The second-order valence-corrected chi connectivity index (χ2v) is 1.89. The van der Waals surface area contributed by atoms with Crippen LogP contribution in [0.2, 0.25) is 0 Å². The number of nitrogens with one attached hydrogen (secondary N) is 3. The van der Waals surface area contributed by atoms with Crippen LogP contribution in [0.15, 0.2) is 0 Å². The summed E-state index contributed by atoms with van der Waals surface area (Å²) in [5, 5.41) is 17.6. The topological polar surface area (TPSA) is 56.3 Å². The molecule has 0 saturated heterocycles. The van der Waals surface area contributed by atoms with Crippen LogP contribution in [-0.2, 0) is 0 Å². The summed E-state index contributed by atoms with van der Waals surface area (Å²) in [7, 11) is 5.15. The van der Waals surface area contributed by atoms with Gasteiger partial charge in [0, 0.05) is 0 Å². The predicted molar refractivity (Wildman–Crippen MR) is 37.0 cm³/mol. The quantitative estimate of drug-likeness (QED) is 0.345. The van der Waals surface area contributed by atoms with Crippen molar-refractivity contribution in [3.8, 4) is 0 Å². The largest absolute Gasteiger partial charge is 0.362 e. The van der Waals surface area contributed by atoms with Crippen molar-refractivity contribution in [2.45, 2.75) is 5.85 Å². The molecule has 4 nitrogen and oxygen atoms in total. The van der Waals surface area contributed by atoms with Crippen LogP contribution in [0.5, 0.6) is 0 Å². The van der Waals surface area contributed by atoms with Gasteiger partial charge in [0.2, 0.25) is 0 Å². The Morgan fingerprint density at radius 3 is 1.78 bits per heavy atom. The summed E-state index contributed by atoms with van der Waals surface area (Å²) in [6, 6.07) is 0. The Morgan fingerprint density at radius 2 is 1.67 bits per heavy atom. The first-order valence-corrected chi connectivity index (χ1v) is 2.93. The van der Waals surface area contributed by atoms with Gasteiger partial charge in [-0.15, -0.1) is 0 Å². The smallest absolute Gasteiger partial charge is 0.184 e. The molecule has 0 aliphatic heterocycles. The maximum absolute atomic E-state index is 9.34. The van der Waals surface area contributed by atoms with E-state index in [9.17, 15) is 5.11 Å². The molecule has 0 aromatic rings. The van der Waals surface area contributed by atoms with Crippen molar-refractivity contribution in [3.05, 3.63) is 0 Å². The number of likely N-dealkylation sites (N-methyl/N-ethyl adjacent to an activating group) is 3. The fourth-order valence-electron chi connectivity index (χ4n) is 0.558. The average Bonchev–Trinajstić information content (AvgIpc) is 1.89. The molecule has 4 heteroatoms. The van der Waals surface area contributed by atoms with Gasteiger partial charge in [-0.25, -0.2) is 0 Å². The van der Waals surface area contributed by atoms with Crippen LogP contribution in [0.3, 0.4) is 0 Å². The molecular weight excluding hydrogens is 118 g/mol. The molecule has 0 atom stereocenters. The number of rotatable bonds is 4. The van der Waals surface area contributed by atoms with Crippen molar-refractivity contribution in [2.75, 3.05) is 27.7 Å². The monoisotopic (exact) mass is 133 g/mol. The van der Waals surface area contributed by atoms with E-state index < -0.39 is 5.85 Å². The minimum absolute atomic E-state index is 0.472. The fourth-order valence-corrected chi connectivity index (χ4v) is 0.558. The van der Waals surface area contributed by atoms with Crippen LogP contribution in [0.4, 0.5) is 0 Å². The molecule has 0 saturated carbocycles. The number of hydrogen-bond acceptors (Lipinski definition) is 4. The van der Waals surface area contributed by atoms with Gasteiger partial charge in [-0.1, -0.05) is 0 Å². The van der Waals surface area contributed by atoms with Crippen LogP contribution >= 0.6 is 0 Å². The summed E-state index contributed by atoms with van der Waals surface area (Å²) >= 11 is 0. The van der Waals surface area contributed by atoms with Crippen LogP contribution in [0.25, 0.3) is 0 Å². The predicted octanol–water partition coefficient (Wildman–Crippen LogP) is -1.71. The van der Waals surface area contributed by atoms with E-state index in [1.54, 1.807) is 21.1 Å². The summed E-state index contributed by atoms with van der Waals surface area (Å²) in [4.78, 5) is 0. The molecule has 0 spiro atoms. The Hall–Kier alpha value is -0.160. The van der Waals surface area contributed by atoms with E-state index in [1.807, 2.05) is 0 Å². The Balaban J connectivity index is 3.62. The molecular formula is C5H15N3O. The van der Waals surface area contributed by atoms with Gasteiger partial charge in [0.15, 0.2) is 5.85 Å². The van der Waals surface area contributed by atoms with Crippen LogP contribution in [-0.4, -0.2) is 38.6 Å². The molecule has 0 unspecified atom stereocenters. The van der Waals surface area contributed by atoms with Crippen molar-refractivity contribution in [3.63, 3.8) is 0 Å². The Morgan fingerprint density at radius 1 is 1.22 bits per heavy atom. The molecule has 0 bridgehead atoms. The lowest BCUT2D eigenvalue weighted by Gasteiger charge is -2.26. The molecule has 0 rings (SSSR count).